The lowest BCUT2D eigenvalue weighted by atomic mass is 9.76. The van der Waals surface area contributed by atoms with Crippen LogP contribution in [0.2, 0.25) is 0 Å². The van der Waals surface area contributed by atoms with E-state index >= 15 is 0 Å². The van der Waals surface area contributed by atoms with Gasteiger partial charge in [-0.1, -0.05) is 77.7 Å². The number of hydrogen-bond donors (Lipinski definition) is 0. The molecule has 0 spiro atoms. The second-order valence-corrected chi connectivity index (χ2v) is 9.31. The summed E-state index contributed by atoms with van der Waals surface area (Å²) < 4.78 is 21.1. The highest BCUT2D eigenvalue weighted by atomic mass is 19.1. The Bertz CT molecular complexity index is 1870. The third-order valence-corrected chi connectivity index (χ3v) is 7.17. The Labute approximate surface area is 216 Å². The molecule has 0 saturated heterocycles. The van der Waals surface area contributed by atoms with Gasteiger partial charge >= 0.3 is 0 Å². The molecule has 0 unspecified atom stereocenters. The first-order chi connectivity index (χ1) is 18.0. The number of rotatable bonds is 3. The van der Waals surface area contributed by atoms with Crippen LogP contribution in [0.25, 0.3) is 55.4 Å². The molecule has 0 saturated carbocycles. The van der Waals surface area contributed by atoms with Crippen LogP contribution in [0.3, 0.4) is 0 Å². The molecule has 0 N–H and O–H groups in total. The standard InChI is InChI=1S/C30H20B3FN2O/c31-24-25(32)27(36-30(33)26(24)34)22-8-4-7-20-21-14-13-19(15-35)23(29(21)37-28(20)22)18-11-9-17(10-12-18)16-5-2-1-3-6-16/h1-14H,31-33H2. The van der Waals surface area contributed by atoms with Gasteiger partial charge in [-0.3, -0.25) is 4.98 Å². The Kier molecular flexibility index (Phi) is 5.46. The summed E-state index contributed by atoms with van der Waals surface area (Å²) in [5.41, 5.74) is 9.02. The van der Waals surface area contributed by atoms with Crippen LogP contribution in [0.4, 0.5) is 4.39 Å². The lowest BCUT2D eigenvalue weighted by molar-refractivity contribution is 0.641. The van der Waals surface area contributed by atoms with Gasteiger partial charge in [-0.15, -0.1) is 0 Å². The Morgan fingerprint density at radius 3 is 2.11 bits per heavy atom. The molecule has 0 atom stereocenters. The number of aromatic nitrogens is 1. The van der Waals surface area contributed by atoms with Gasteiger partial charge in [0.2, 0.25) is 0 Å². The van der Waals surface area contributed by atoms with Crippen molar-refractivity contribution in [2.75, 3.05) is 0 Å². The van der Waals surface area contributed by atoms with Gasteiger partial charge in [0.1, 0.15) is 32.7 Å². The Morgan fingerprint density at radius 2 is 1.38 bits per heavy atom. The molecular formula is C30H20B3FN2O. The van der Waals surface area contributed by atoms with E-state index < -0.39 is 0 Å². The van der Waals surface area contributed by atoms with E-state index in [9.17, 15) is 9.65 Å². The van der Waals surface area contributed by atoms with E-state index in [1.54, 1.807) is 15.7 Å². The summed E-state index contributed by atoms with van der Waals surface area (Å²) in [5.74, 6) is -0.280. The van der Waals surface area contributed by atoms with Crippen molar-refractivity contribution in [2.45, 2.75) is 0 Å². The zero-order chi connectivity index (χ0) is 25.7. The minimum Gasteiger partial charge on any atom is -0.455 e. The molecular weight excluding hydrogens is 456 g/mol. The average molecular weight is 476 g/mol. The number of fused-ring (bicyclic) bond motifs is 3. The second kappa shape index (κ2) is 8.83. The summed E-state index contributed by atoms with van der Waals surface area (Å²) in [4.78, 5) is 4.59. The van der Waals surface area contributed by atoms with Gasteiger partial charge in [0.15, 0.2) is 7.85 Å². The number of para-hydroxylation sites is 1. The lowest BCUT2D eigenvalue weighted by Crippen LogP contribution is -2.38. The topological polar surface area (TPSA) is 49.8 Å². The normalized spacial score (nSPS) is 11.1. The molecule has 3 nitrogen and oxygen atoms in total. The summed E-state index contributed by atoms with van der Waals surface area (Å²) >= 11 is 0. The average Bonchev–Trinajstić information content (AvgIpc) is 3.33. The molecule has 6 rings (SSSR count). The van der Waals surface area contributed by atoms with Crippen LogP contribution in [0.15, 0.2) is 89.3 Å². The molecule has 172 valence electrons. The number of pyridine rings is 1. The first kappa shape index (κ1) is 22.9. The van der Waals surface area contributed by atoms with Gasteiger partial charge in [-0.25, -0.2) is 4.39 Å². The predicted octanol–water partition coefficient (Wildman–Crippen LogP) is 2.77. The number of benzene rings is 4. The number of halogens is 1. The summed E-state index contributed by atoms with van der Waals surface area (Å²) in [5, 5.41) is 11.8. The monoisotopic (exact) mass is 476 g/mol. The van der Waals surface area contributed by atoms with E-state index in [4.69, 9.17) is 4.42 Å². The Morgan fingerprint density at radius 1 is 0.703 bits per heavy atom. The first-order valence-electron chi connectivity index (χ1n) is 12.2. The van der Waals surface area contributed by atoms with Gasteiger partial charge in [0, 0.05) is 27.5 Å². The molecule has 0 fully saturated rings. The van der Waals surface area contributed by atoms with Crippen molar-refractivity contribution in [2.24, 2.45) is 0 Å². The molecule has 0 aliphatic carbocycles. The largest absolute Gasteiger partial charge is 0.455 e. The molecule has 0 amide bonds. The fraction of sp³-hybridized carbons (Fsp3) is 0. The van der Waals surface area contributed by atoms with Crippen LogP contribution in [0.5, 0.6) is 0 Å². The molecule has 4 aromatic carbocycles. The van der Waals surface area contributed by atoms with Crippen molar-refractivity contribution in [1.82, 2.24) is 4.98 Å². The smallest absolute Gasteiger partial charge is 0.167 e. The maximum atomic E-state index is 14.5. The maximum absolute atomic E-state index is 14.5. The summed E-state index contributed by atoms with van der Waals surface area (Å²) in [6.45, 7) is 0. The number of hydrogen-bond acceptors (Lipinski definition) is 3. The van der Waals surface area contributed by atoms with Crippen molar-refractivity contribution in [3.8, 4) is 39.6 Å². The van der Waals surface area contributed by atoms with E-state index in [0.29, 0.717) is 33.5 Å². The molecule has 6 aromatic rings. The highest BCUT2D eigenvalue weighted by molar-refractivity contribution is 6.52. The molecule has 37 heavy (non-hydrogen) atoms. The maximum Gasteiger partial charge on any atom is 0.167 e. The molecule has 2 heterocycles. The fourth-order valence-electron chi connectivity index (χ4n) is 5.06. The molecule has 2 aromatic heterocycles. The lowest BCUT2D eigenvalue weighted by Gasteiger charge is -2.12. The zero-order valence-electron chi connectivity index (χ0n) is 20.8. The minimum absolute atomic E-state index is 0.280. The van der Waals surface area contributed by atoms with Crippen LogP contribution in [0, 0.1) is 17.1 Å². The second-order valence-electron chi connectivity index (χ2n) is 9.31. The zero-order valence-corrected chi connectivity index (χ0v) is 20.8. The number of furan rings is 1. The van der Waals surface area contributed by atoms with Gasteiger partial charge in [0.25, 0.3) is 0 Å². The van der Waals surface area contributed by atoms with Crippen LogP contribution in [0.1, 0.15) is 5.56 Å². The van der Waals surface area contributed by atoms with Crippen molar-refractivity contribution < 1.29 is 8.81 Å². The molecule has 0 aliphatic heterocycles. The molecule has 0 bridgehead atoms. The Balaban J connectivity index is 1.59. The Hall–Kier alpha value is -4.56. The van der Waals surface area contributed by atoms with Gasteiger partial charge in [-0.05, 0) is 34.9 Å². The van der Waals surface area contributed by atoms with E-state index in [1.165, 1.54) is 0 Å². The van der Waals surface area contributed by atoms with E-state index in [-0.39, 0.29) is 5.82 Å². The van der Waals surface area contributed by atoms with Crippen LogP contribution >= 0.6 is 0 Å². The molecule has 0 radical (unpaired) electrons. The van der Waals surface area contributed by atoms with Crippen molar-refractivity contribution >= 4 is 62.0 Å². The van der Waals surface area contributed by atoms with Crippen LogP contribution in [-0.2, 0) is 0 Å². The third-order valence-electron chi connectivity index (χ3n) is 7.17. The van der Waals surface area contributed by atoms with Crippen molar-refractivity contribution in [3.63, 3.8) is 0 Å². The number of nitrogens with zero attached hydrogens (tertiary/aromatic N) is 2. The van der Waals surface area contributed by atoms with Crippen molar-refractivity contribution in [3.05, 3.63) is 96.3 Å². The SMILES string of the molecule is Bc1nc(-c2cccc3c2oc2c(-c4ccc(-c5ccccc5)cc4)c(C#N)ccc23)c(B)c(B)c1F. The quantitative estimate of drug-likeness (QED) is 0.370. The highest BCUT2D eigenvalue weighted by Crippen LogP contribution is 2.41. The molecule has 0 aliphatic rings. The fourth-order valence-corrected chi connectivity index (χ4v) is 5.06. The predicted molar refractivity (Wildman–Crippen MR) is 157 cm³/mol. The van der Waals surface area contributed by atoms with Crippen molar-refractivity contribution in [1.29, 1.82) is 5.26 Å². The van der Waals surface area contributed by atoms with E-state index in [0.717, 1.165) is 44.1 Å². The van der Waals surface area contributed by atoms with Gasteiger partial charge in [-0.2, -0.15) is 5.26 Å². The van der Waals surface area contributed by atoms with Gasteiger partial charge in [0.05, 0.1) is 17.3 Å². The van der Waals surface area contributed by atoms with E-state index in [2.05, 4.69) is 35.3 Å². The molecule has 7 heteroatoms. The first-order valence-corrected chi connectivity index (χ1v) is 12.2. The van der Waals surface area contributed by atoms with E-state index in [1.807, 2.05) is 68.5 Å². The summed E-state index contributed by atoms with van der Waals surface area (Å²) in [7, 11) is 5.34. The minimum atomic E-state index is -0.280. The highest BCUT2D eigenvalue weighted by Gasteiger charge is 2.21. The summed E-state index contributed by atoms with van der Waals surface area (Å²) in [6, 6.07) is 30.4. The van der Waals surface area contributed by atoms with Crippen LogP contribution < -0.4 is 16.5 Å². The summed E-state index contributed by atoms with van der Waals surface area (Å²) in [6.07, 6.45) is 0. The number of nitriles is 1. The van der Waals surface area contributed by atoms with Gasteiger partial charge < -0.3 is 4.42 Å². The third kappa shape index (κ3) is 3.65. The van der Waals surface area contributed by atoms with Crippen LogP contribution in [-0.4, -0.2) is 28.5 Å².